The number of carbonyl (C=O) groups is 1. The molecule has 4 heteroatoms. The molecule has 106 valence electrons. The zero-order valence-corrected chi connectivity index (χ0v) is 12.0. The van der Waals surface area contributed by atoms with Crippen molar-refractivity contribution in [2.45, 2.75) is 45.6 Å². The van der Waals surface area contributed by atoms with Gasteiger partial charge in [0.1, 0.15) is 5.82 Å². The van der Waals surface area contributed by atoms with E-state index in [9.17, 15) is 4.79 Å². The van der Waals surface area contributed by atoms with Crippen LogP contribution in [0.4, 0.5) is 0 Å². The van der Waals surface area contributed by atoms with Gasteiger partial charge in [-0.15, -0.1) is 0 Å². The van der Waals surface area contributed by atoms with Crippen LogP contribution in [0.1, 0.15) is 55.2 Å². The lowest BCUT2D eigenvalue weighted by molar-refractivity contribution is 0.0697. The van der Waals surface area contributed by atoms with Crippen molar-refractivity contribution in [1.82, 2.24) is 9.55 Å². The lowest BCUT2D eigenvalue weighted by atomic mass is 10.1. The summed E-state index contributed by atoms with van der Waals surface area (Å²) >= 11 is 0. The quantitative estimate of drug-likeness (QED) is 0.903. The minimum atomic E-state index is -0.878. The van der Waals surface area contributed by atoms with Crippen LogP contribution in [0.5, 0.6) is 0 Å². The summed E-state index contributed by atoms with van der Waals surface area (Å²) in [6, 6.07) is 5.23. The molecule has 0 amide bonds. The standard InChI is InChI=1S/C16H20N2O2/c1-10(2)7-8-18-14-9-12(16(19)20)5-6-13(14)17-15(18)11-3-4-11/h5-6,9-11H,3-4,7-8H2,1-2H3,(H,19,20). The Morgan fingerprint density at radius 1 is 1.45 bits per heavy atom. The first-order chi connectivity index (χ1) is 9.56. The summed E-state index contributed by atoms with van der Waals surface area (Å²) in [5.41, 5.74) is 2.22. The van der Waals surface area contributed by atoms with Gasteiger partial charge >= 0.3 is 5.97 Å². The highest BCUT2D eigenvalue weighted by Crippen LogP contribution is 2.41. The van der Waals surface area contributed by atoms with Crippen LogP contribution >= 0.6 is 0 Å². The van der Waals surface area contributed by atoms with Gasteiger partial charge in [-0.05, 0) is 43.4 Å². The summed E-state index contributed by atoms with van der Waals surface area (Å²) in [7, 11) is 0. The summed E-state index contributed by atoms with van der Waals surface area (Å²) in [4.78, 5) is 15.9. The predicted octanol–water partition coefficient (Wildman–Crippen LogP) is 3.66. The SMILES string of the molecule is CC(C)CCn1c(C2CC2)nc2ccc(C(=O)O)cc21. The zero-order chi connectivity index (χ0) is 14.3. The molecule has 1 aromatic heterocycles. The Labute approximate surface area is 118 Å². The minimum Gasteiger partial charge on any atom is -0.478 e. The molecular weight excluding hydrogens is 252 g/mol. The maximum Gasteiger partial charge on any atom is 0.335 e. The van der Waals surface area contributed by atoms with Crippen molar-refractivity contribution < 1.29 is 9.90 Å². The highest BCUT2D eigenvalue weighted by molar-refractivity contribution is 5.92. The van der Waals surface area contributed by atoms with E-state index in [2.05, 4.69) is 18.4 Å². The van der Waals surface area contributed by atoms with Gasteiger partial charge in [-0.2, -0.15) is 0 Å². The summed E-state index contributed by atoms with van der Waals surface area (Å²) < 4.78 is 2.24. The largest absolute Gasteiger partial charge is 0.478 e. The number of rotatable bonds is 5. The summed E-state index contributed by atoms with van der Waals surface area (Å²) in [6.45, 7) is 5.33. The molecule has 4 nitrogen and oxygen atoms in total. The van der Waals surface area contributed by atoms with Crippen molar-refractivity contribution in [3.05, 3.63) is 29.6 Å². The number of benzene rings is 1. The van der Waals surface area contributed by atoms with Crippen LogP contribution in [-0.4, -0.2) is 20.6 Å². The molecule has 0 saturated heterocycles. The molecular formula is C16H20N2O2. The number of hydrogen-bond donors (Lipinski definition) is 1. The van der Waals surface area contributed by atoms with Gasteiger partial charge in [0.25, 0.3) is 0 Å². The molecule has 1 aromatic carbocycles. The number of carboxylic acid groups (broad SMARTS) is 1. The fourth-order valence-corrected chi connectivity index (χ4v) is 2.55. The van der Waals surface area contributed by atoms with E-state index in [4.69, 9.17) is 10.1 Å². The monoisotopic (exact) mass is 272 g/mol. The molecule has 0 bridgehead atoms. The Morgan fingerprint density at radius 3 is 2.80 bits per heavy atom. The van der Waals surface area contributed by atoms with Crippen LogP contribution in [0.3, 0.4) is 0 Å². The van der Waals surface area contributed by atoms with Gasteiger partial charge in [-0.25, -0.2) is 9.78 Å². The first-order valence-corrected chi connectivity index (χ1v) is 7.29. The van der Waals surface area contributed by atoms with Crippen LogP contribution in [0.15, 0.2) is 18.2 Å². The van der Waals surface area contributed by atoms with Crippen LogP contribution in [0, 0.1) is 5.92 Å². The molecule has 1 saturated carbocycles. The number of aryl methyl sites for hydroxylation is 1. The average Bonchev–Trinajstić information content (AvgIpc) is 3.17. The molecule has 3 rings (SSSR count). The maximum absolute atomic E-state index is 11.1. The number of aromatic nitrogens is 2. The van der Waals surface area contributed by atoms with Gasteiger partial charge in [0.2, 0.25) is 0 Å². The Morgan fingerprint density at radius 2 is 2.20 bits per heavy atom. The van der Waals surface area contributed by atoms with E-state index in [1.165, 1.54) is 12.8 Å². The van der Waals surface area contributed by atoms with E-state index in [-0.39, 0.29) is 0 Å². The van der Waals surface area contributed by atoms with Crippen molar-refractivity contribution in [3.8, 4) is 0 Å². The molecule has 0 aliphatic heterocycles. The van der Waals surface area contributed by atoms with Crippen molar-refractivity contribution in [2.24, 2.45) is 5.92 Å². The molecule has 2 aromatic rings. The van der Waals surface area contributed by atoms with Gasteiger partial charge < -0.3 is 9.67 Å². The first kappa shape index (κ1) is 13.2. The number of imidazole rings is 1. The van der Waals surface area contributed by atoms with Crippen molar-refractivity contribution in [2.75, 3.05) is 0 Å². The van der Waals surface area contributed by atoms with Gasteiger partial charge in [-0.3, -0.25) is 0 Å². The van der Waals surface area contributed by atoms with Crippen LogP contribution in [0.2, 0.25) is 0 Å². The maximum atomic E-state index is 11.1. The van der Waals surface area contributed by atoms with Gasteiger partial charge in [-0.1, -0.05) is 13.8 Å². The van der Waals surface area contributed by atoms with Gasteiger partial charge in [0.05, 0.1) is 16.6 Å². The number of aromatic carboxylic acids is 1. The smallest absolute Gasteiger partial charge is 0.335 e. The van der Waals surface area contributed by atoms with Crippen LogP contribution in [0.25, 0.3) is 11.0 Å². The lowest BCUT2D eigenvalue weighted by Crippen LogP contribution is -2.06. The molecule has 1 N–H and O–H groups in total. The topological polar surface area (TPSA) is 55.1 Å². The summed E-state index contributed by atoms with van der Waals surface area (Å²) in [5, 5.41) is 9.15. The van der Waals surface area contributed by atoms with Gasteiger partial charge in [0.15, 0.2) is 0 Å². The Balaban J connectivity index is 2.07. The molecule has 1 aliphatic carbocycles. The Bertz CT molecular complexity index is 654. The summed E-state index contributed by atoms with van der Waals surface area (Å²) in [6.07, 6.45) is 3.50. The molecule has 0 unspecified atom stereocenters. The van der Waals surface area contributed by atoms with Crippen molar-refractivity contribution in [3.63, 3.8) is 0 Å². The van der Waals surface area contributed by atoms with E-state index in [0.717, 1.165) is 29.8 Å². The lowest BCUT2D eigenvalue weighted by Gasteiger charge is -2.10. The van der Waals surface area contributed by atoms with E-state index < -0.39 is 5.97 Å². The fraction of sp³-hybridized carbons (Fsp3) is 0.500. The Kier molecular flexibility index (Phi) is 3.24. The minimum absolute atomic E-state index is 0.338. The third kappa shape index (κ3) is 2.42. The molecule has 20 heavy (non-hydrogen) atoms. The molecule has 1 fully saturated rings. The highest BCUT2D eigenvalue weighted by atomic mass is 16.4. The second-order valence-corrected chi connectivity index (χ2v) is 6.09. The molecule has 0 atom stereocenters. The third-order valence-electron chi connectivity index (χ3n) is 3.90. The van der Waals surface area contributed by atoms with Crippen molar-refractivity contribution >= 4 is 17.0 Å². The third-order valence-corrected chi connectivity index (χ3v) is 3.90. The molecule has 1 heterocycles. The number of carboxylic acids is 1. The average molecular weight is 272 g/mol. The Hall–Kier alpha value is -1.84. The first-order valence-electron chi connectivity index (χ1n) is 7.29. The van der Waals surface area contributed by atoms with Crippen LogP contribution < -0.4 is 0 Å². The van der Waals surface area contributed by atoms with E-state index in [1.807, 2.05) is 6.07 Å². The number of hydrogen-bond acceptors (Lipinski definition) is 2. The van der Waals surface area contributed by atoms with Gasteiger partial charge in [0, 0.05) is 12.5 Å². The molecule has 0 spiro atoms. The highest BCUT2D eigenvalue weighted by Gasteiger charge is 2.29. The predicted molar refractivity (Wildman–Crippen MR) is 78.1 cm³/mol. The van der Waals surface area contributed by atoms with E-state index >= 15 is 0 Å². The number of nitrogens with zero attached hydrogens (tertiary/aromatic N) is 2. The number of fused-ring (bicyclic) bond motifs is 1. The van der Waals surface area contributed by atoms with E-state index in [0.29, 0.717) is 17.4 Å². The molecule has 1 aliphatic rings. The second-order valence-electron chi connectivity index (χ2n) is 6.09. The zero-order valence-electron chi connectivity index (χ0n) is 12.0. The normalized spacial score (nSPS) is 15.2. The van der Waals surface area contributed by atoms with Crippen LogP contribution in [-0.2, 0) is 6.54 Å². The van der Waals surface area contributed by atoms with E-state index in [1.54, 1.807) is 12.1 Å². The van der Waals surface area contributed by atoms with Crippen molar-refractivity contribution in [1.29, 1.82) is 0 Å². The molecule has 0 radical (unpaired) electrons. The second kappa shape index (κ2) is 4.93. The summed E-state index contributed by atoms with van der Waals surface area (Å²) in [5.74, 6) is 1.46. The fourth-order valence-electron chi connectivity index (χ4n) is 2.55.